The number of hydrogen-bond acceptors (Lipinski definition) is 4. The van der Waals surface area contributed by atoms with Crippen molar-refractivity contribution in [2.75, 3.05) is 32.8 Å². The second-order valence-electron chi connectivity index (χ2n) is 3.48. The fourth-order valence-corrected chi connectivity index (χ4v) is 1.52. The van der Waals surface area contributed by atoms with Crippen LogP contribution in [0, 0.1) is 0 Å². The van der Waals surface area contributed by atoms with E-state index in [-0.39, 0.29) is 5.91 Å². The highest BCUT2D eigenvalue weighted by Gasteiger charge is 2.09. The van der Waals surface area contributed by atoms with E-state index in [1.165, 1.54) is 0 Å². The molecule has 1 aliphatic heterocycles. The lowest BCUT2D eigenvalue weighted by molar-refractivity contribution is -0.121. The first kappa shape index (κ1) is 11.4. The molecular weight excluding hydrogens is 182 g/mol. The Morgan fingerprint density at radius 1 is 1.36 bits per heavy atom. The van der Waals surface area contributed by atoms with E-state index in [1.54, 1.807) is 0 Å². The minimum atomic E-state index is -0.0769. The molecule has 3 N–H and O–H groups in total. The topological polar surface area (TPSA) is 67.6 Å². The third-order valence-electron chi connectivity index (χ3n) is 2.39. The van der Waals surface area contributed by atoms with Crippen molar-refractivity contribution in [3.05, 3.63) is 0 Å². The molecule has 0 saturated carbocycles. The van der Waals surface area contributed by atoms with Crippen LogP contribution in [0.1, 0.15) is 19.3 Å². The lowest BCUT2D eigenvalue weighted by atomic mass is 10.2. The molecule has 1 aliphatic rings. The van der Waals surface area contributed by atoms with E-state index in [0.29, 0.717) is 6.42 Å². The van der Waals surface area contributed by atoms with E-state index >= 15 is 0 Å². The van der Waals surface area contributed by atoms with E-state index in [0.717, 1.165) is 45.7 Å². The zero-order chi connectivity index (χ0) is 10.2. The smallest absolute Gasteiger partial charge is 0.233 e. The number of hydrogen-bond donors (Lipinski definition) is 2. The van der Waals surface area contributed by atoms with Gasteiger partial charge in [-0.05, 0) is 19.4 Å². The van der Waals surface area contributed by atoms with Gasteiger partial charge in [-0.2, -0.15) is 0 Å². The number of carbonyl (C=O) groups excluding carboxylic acids is 1. The third kappa shape index (κ3) is 4.55. The molecule has 5 nitrogen and oxygen atoms in total. The number of nitrogens with two attached hydrogens (primary N) is 1. The summed E-state index contributed by atoms with van der Waals surface area (Å²) in [7, 11) is 0. The average molecular weight is 201 g/mol. The van der Waals surface area contributed by atoms with Crippen LogP contribution in [0.25, 0.3) is 0 Å². The van der Waals surface area contributed by atoms with Crippen molar-refractivity contribution in [2.45, 2.75) is 19.3 Å². The fraction of sp³-hybridized carbons (Fsp3) is 0.889. The van der Waals surface area contributed by atoms with Gasteiger partial charge < -0.3 is 4.74 Å². The average Bonchev–Trinajstić information content (AvgIpc) is 2.25. The van der Waals surface area contributed by atoms with Gasteiger partial charge in [0.2, 0.25) is 5.91 Å². The summed E-state index contributed by atoms with van der Waals surface area (Å²) >= 11 is 0. The number of ether oxygens (including phenoxy) is 1. The Hall–Kier alpha value is -0.650. The van der Waals surface area contributed by atoms with Crippen LogP contribution in [-0.4, -0.2) is 43.7 Å². The zero-order valence-corrected chi connectivity index (χ0v) is 8.50. The van der Waals surface area contributed by atoms with Crippen LogP contribution in [0.4, 0.5) is 0 Å². The molecule has 1 saturated heterocycles. The molecule has 1 heterocycles. The Bertz CT molecular complexity index is 169. The lowest BCUT2D eigenvalue weighted by Crippen LogP contribution is -2.37. The summed E-state index contributed by atoms with van der Waals surface area (Å²) in [6.07, 6.45) is 2.48. The van der Waals surface area contributed by atoms with Crippen molar-refractivity contribution in [2.24, 2.45) is 5.84 Å². The highest BCUT2D eigenvalue weighted by molar-refractivity contribution is 5.74. The second kappa shape index (κ2) is 6.75. The van der Waals surface area contributed by atoms with Crippen molar-refractivity contribution in [3.8, 4) is 0 Å². The van der Waals surface area contributed by atoms with E-state index in [2.05, 4.69) is 10.3 Å². The number of morpholine rings is 1. The van der Waals surface area contributed by atoms with Crippen LogP contribution < -0.4 is 11.3 Å². The third-order valence-corrected chi connectivity index (χ3v) is 2.39. The van der Waals surface area contributed by atoms with Gasteiger partial charge in [-0.25, -0.2) is 5.84 Å². The maximum absolute atomic E-state index is 10.8. The highest BCUT2D eigenvalue weighted by atomic mass is 16.5. The Balaban J connectivity index is 1.94. The van der Waals surface area contributed by atoms with E-state index in [4.69, 9.17) is 10.6 Å². The number of unbranched alkanes of at least 4 members (excludes halogenated alkanes) is 1. The van der Waals surface area contributed by atoms with Crippen LogP contribution in [0.15, 0.2) is 0 Å². The van der Waals surface area contributed by atoms with Crippen LogP contribution in [-0.2, 0) is 9.53 Å². The first-order chi connectivity index (χ1) is 6.83. The molecular formula is C9H19N3O2. The molecule has 0 spiro atoms. The largest absolute Gasteiger partial charge is 0.379 e. The zero-order valence-electron chi connectivity index (χ0n) is 8.50. The summed E-state index contributed by atoms with van der Waals surface area (Å²) in [4.78, 5) is 13.2. The SMILES string of the molecule is NNC(=O)CCCCN1CCOCC1. The molecule has 0 bridgehead atoms. The monoisotopic (exact) mass is 201 g/mol. The number of nitrogens with one attached hydrogen (secondary N) is 1. The molecule has 1 amide bonds. The van der Waals surface area contributed by atoms with Crippen molar-refractivity contribution in [1.29, 1.82) is 0 Å². The maximum atomic E-state index is 10.8. The first-order valence-electron chi connectivity index (χ1n) is 5.12. The summed E-state index contributed by atoms with van der Waals surface area (Å²) in [6, 6.07) is 0. The second-order valence-corrected chi connectivity index (χ2v) is 3.48. The number of rotatable bonds is 5. The molecule has 82 valence electrons. The molecule has 0 aromatic carbocycles. The van der Waals surface area contributed by atoms with Crippen LogP contribution in [0.3, 0.4) is 0 Å². The molecule has 0 aromatic rings. The van der Waals surface area contributed by atoms with Crippen LogP contribution >= 0.6 is 0 Å². The van der Waals surface area contributed by atoms with Crippen LogP contribution in [0.5, 0.6) is 0 Å². The number of carbonyl (C=O) groups is 1. The fourth-order valence-electron chi connectivity index (χ4n) is 1.52. The molecule has 1 fully saturated rings. The van der Waals surface area contributed by atoms with Gasteiger partial charge in [0.15, 0.2) is 0 Å². The molecule has 0 unspecified atom stereocenters. The summed E-state index contributed by atoms with van der Waals surface area (Å²) in [6.45, 7) is 4.76. The van der Waals surface area contributed by atoms with Gasteiger partial charge in [-0.3, -0.25) is 15.1 Å². The number of hydrazine groups is 1. The summed E-state index contributed by atoms with van der Waals surface area (Å²) in [5, 5.41) is 0. The standard InChI is InChI=1S/C9H19N3O2/c10-11-9(13)3-1-2-4-12-5-7-14-8-6-12/h1-8,10H2,(H,11,13). The molecule has 14 heavy (non-hydrogen) atoms. The molecule has 1 rings (SSSR count). The lowest BCUT2D eigenvalue weighted by Gasteiger charge is -2.26. The van der Waals surface area contributed by atoms with E-state index in [9.17, 15) is 4.79 Å². The van der Waals surface area contributed by atoms with Gasteiger partial charge >= 0.3 is 0 Å². The maximum Gasteiger partial charge on any atom is 0.233 e. The summed E-state index contributed by atoms with van der Waals surface area (Å²) in [5.41, 5.74) is 2.13. The Labute approximate surface area is 84.5 Å². The first-order valence-corrected chi connectivity index (χ1v) is 5.12. The highest BCUT2D eigenvalue weighted by Crippen LogP contribution is 2.01. The molecule has 5 heteroatoms. The predicted octanol–water partition coefficient (Wildman–Crippen LogP) is -0.521. The van der Waals surface area contributed by atoms with Crippen molar-refractivity contribution in [3.63, 3.8) is 0 Å². The van der Waals surface area contributed by atoms with Gasteiger partial charge in [0.1, 0.15) is 0 Å². The van der Waals surface area contributed by atoms with Gasteiger partial charge in [0.25, 0.3) is 0 Å². The molecule has 0 atom stereocenters. The number of amides is 1. The molecule has 0 aromatic heterocycles. The van der Waals surface area contributed by atoms with E-state index in [1.807, 2.05) is 0 Å². The Morgan fingerprint density at radius 3 is 2.71 bits per heavy atom. The predicted molar refractivity (Wildman–Crippen MR) is 53.4 cm³/mol. The van der Waals surface area contributed by atoms with Gasteiger partial charge in [0, 0.05) is 19.5 Å². The van der Waals surface area contributed by atoms with Gasteiger partial charge in [-0.15, -0.1) is 0 Å². The molecule has 0 radical (unpaired) electrons. The quantitative estimate of drug-likeness (QED) is 0.272. The van der Waals surface area contributed by atoms with Crippen LogP contribution in [0.2, 0.25) is 0 Å². The molecule has 0 aliphatic carbocycles. The van der Waals surface area contributed by atoms with Crippen molar-refractivity contribution in [1.82, 2.24) is 10.3 Å². The number of nitrogens with zero attached hydrogens (tertiary/aromatic N) is 1. The Morgan fingerprint density at radius 2 is 2.07 bits per heavy atom. The minimum absolute atomic E-state index is 0.0769. The van der Waals surface area contributed by atoms with Gasteiger partial charge in [0.05, 0.1) is 13.2 Å². The normalized spacial score (nSPS) is 18.1. The Kier molecular flexibility index (Phi) is 5.51. The summed E-state index contributed by atoms with van der Waals surface area (Å²) in [5.74, 6) is 4.89. The summed E-state index contributed by atoms with van der Waals surface area (Å²) < 4.78 is 5.24. The van der Waals surface area contributed by atoms with E-state index < -0.39 is 0 Å². The van der Waals surface area contributed by atoms with Crippen molar-refractivity contribution >= 4 is 5.91 Å². The minimum Gasteiger partial charge on any atom is -0.379 e. The van der Waals surface area contributed by atoms with Crippen molar-refractivity contribution < 1.29 is 9.53 Å². The van der Waals surface area contributed by atoms with Gasteiger partial charge in [-0.1, -0.05) is 0 Å².